The molecule has 0 radical (unpaired) electrons. The second kappa shape index (κ2) is 9.16. The number of nitrogens with one attached hydrogen (secondary N) is 1. The Bertz CT molecular complexity index is 124. The van der Waals surface area contributed by atoms with Crippen molar-refractivity contribution >= 4 is 30.1 Å². The average molecular weight is 214 g/mol. The predicted octanol–water partition coefficient (Wildman–Crippen LogP) is 1.22. The second-order valence-electron chi connectivity index (χ2n) is 2.36. The van der Waals surface area contributed by atoms with Crippen molar-refractivity contribution in [1.29, 1.82) is 0 Å². The smallest absolute Gasteiger partial charge is 0.304 e. The van der Waals surface area contributed by atoms with Crippen LogP contribution < -0.4 is 5.32 Å². The molecule has 0 saturated carbocycles. The molecule has 5 heteroatoms. The molecule has 0 aromatic rings. The number of halogens is 1. The second-order valence-corrected chi connectivity index (χ2v) is 3.35. The highest BCUT2D eigenvalue weighted by atomic mass is 35.5. The number of hydrogen-bond acceptors (Lipinski definition) is 3. The maximum absolute atomic E-state index is 10.3. The Hall–Kier alpha value is 0.0700. The van der Waals surface area contributed by atoms with Gasteiger partial charge in [0.05, 0.1) is 6.42 Å². The van der Waals surface area contributed by atoms with Crippen LogP contribution >= 0.6 is 24.2 Å². The van der Waals surface area contributed by atoms with Crippen LogP contribution in [0.5, 0.6) is 0 Å². The molecule has 0 aliphatic heterocycles. The van der Waals surface area contributed by atoms with Gasteiger partial charge >= 0.3 is 5.97 Å². The topological polar surface area (TPSA) is 49.3 Å². The van der Waals surface area contributed by atoms with Gasteiger partial charge in [0.15, 0.2) is 0 Å². The minimum absolute atomic E-state index is 0. The average Bonchev–Trinajstić information content (AvgIpc) is 1.97. The summed E-state index contributed by atoms with van der Waals surface area (Å²) in [7, 11) is 1.80. The summed E-state index contributed by atoms with van der Waals surface area (Å²) in [6.45, 7) is 0. The van der Waals surface area contributed by atoms with Crippen LogP contribution in [0.4, 0.5) is 0 Å². The zero-order chi connectivity index (χ0) is 8.69. The van der Waals surface area contributed by atoms with Gasteiger partial charge in [-0.3, -0.25) is 4.79 Å². The summed E-state index contributed by atoms with van der Waals surface area (Å²) in [5, 5.41) is 11.4. The molecule has 0 heterocycles. The summed E-state index contributed by atoms with van der Waals surface area (Å²) in [6.07, 6.45) is 3.16. The lowest BCUT2D eigenvalue weighted by Crippen LogP contribution is -2.28. The largest absolute Gasteiger partial charge is 0.481 e. The quantitative estimate of drug-likeness (QED) is 0.697. The molecule has 0 saturated heterocycles. The number of carbonyl (C=O) groups is 1. The van der Waals surface area contributed by atoms with Crippen LogP contribution in [0.25, 0.3) is 0 Å². The van der Waals surface area contributed by atoms with Gasteiger partial charge in [-0.05, 0) is 25.5 Å². The first-order valence-corrected chi connectivity index (χ1v) is 4.98. The SMILES string of the molecule is CN[C@H](CCSC)CC(=O)O.Cl. The van der Waals surface area contributed by atoms with Crippen LogP contribution in [0.3, 0.4) is 0 Å². The lowest BCUT2D eigenvalue weighted by Gasteiger charge is -2.11. The Morgan fingerprint density at radius 2 is 2.25 bits per heavy atom. The highest BCUT2D eigenvalue weighted by Crippen LogP contribution is 2.03. The standard InChI is InChI=1S/C7H15NO2S.ClH/c1-8-6(3-4-11-2)5-7(9)10;/h6,8H,3-5H2,1-2H3,(H,9,10);1H/t6-;/m1./s1. The predicted molar refractivity (Wildman–Crippen MR) is 55.3 cm³/mol. The lowest BCUT2D eigenvalue weighted by atomic mass is 10.1. The van der Waals surface area contributed by atoms with Gasteiger partial charge in [0.25, 0.3) is 0 Å². The Balaban J connectivity index is 0. The van der Waals surface area contributed by atoms with E-state index in [1.807, 2.05) is 6.26 Å². The summed E-state index contributed by atoms with van der Waals surface area (Å²) in [6, 6.07) is 0.125. The fourth-order valence-corrected chi connectivity index (χ4v) is 1.34. The number of rotatable bonds is 6. The lowest BCUT2D eigenvalue weighted by molar-refractivity contribution is -0.137. The highest BCUT2D eigenvalue weighted by molar-refractivity contribution is 7.98. The molecule has 3 nitrogen and oxygen atoms in total. The van der Waals surface area contributed by atoms with Crippen LogP contribution in [0.2, 0.25) is 0 Å². The third-order valence-corrected chi connectivity index (χ3v) is 2.14. The Morgan fingerprint density at radius 1 is 1.67 bits per heavy atom. The van der Waals surface area contributed by atoms with Crippen molar-refractivity contribution in [3.8, 4) is 0 Å². The number of aliphatic carboxylic acids is 1. The Labute approximate surface area is 83.7 Å². The van der Waals surface area contributed by atoms with Crippen LogP contribution in [0.1, 0.15) is 12.8 Å². The van der Waals surface area contributed by atoms with Crippen LogP contribution in [-0.2, 0) is 4.79 Å². The molecule has 0 amide bonds. The molecule has 1 atom stereocenters. The van der Waals surface area contributed by atoms with Gasteiger partial charge in [-0.15, -0.1) is 12.4 Å². The molecule has 12 heavy (non-hydrogen) atoms. The molecular weight excluding hydrogens is 198 g/mol. The van der Waals surface area contributed by atoms with E-state index in [0.717, 1.165) is 12.2 Å². The van der Waals surface area contributed by atoms with Crippen molar-refractivity contribution in [3.63, 3.8) is 0 Å². The molecule has 0 fully saturated rings. The van der Waals surface area contributed by atoms with E-state index in [2.05, 4.69) is 5.32 Å². The first-order valence-electron chi connectivity index (χ1n) is 3.58. The molecule has 0 aliphatic rings. The van der Waals surface area contributed by atoms with Crippen molar-refractivity contribution in [2.75, 3.05) is 19.1 Å². The zero-order valence-corrected chi connectivity index (χ0v) is 9.00. The van der Waals surface area contributed by atoms with Gasteiger partial charge in [0.2, 0.25) is 0 Å². The molecule has 0 spiro atoms. The molecule has 0 aliphatic carbocycles. The zero-order valence-electron chi connectivity index (χ0n) is 7.37. The maximum Gasteiger partial charge on any atom is 0.304 e. The Kier molecular flexibility index (Phi) is 11.1. The Morgan fingerprint density at radius 3 is 2.58 bits per heavy atom. The molecule has 0 aromatic heterocycles. The monoisotopic (exact) mass is 213 g/mol. The normalized spacial score (nSPS) is 11.8. The molecule has 2 N–H and O–H groups in total. The van der Waals surface area contributed by atoms with E-state index in [1.165, 1.54) is 0 Å². The molecule has 0 bridgehead atoms. The molecule has 0 unspecified atom stereocenters. The van der Waals surface area contributed by atoms with Gasteiger partial charge in [-0.25, -0.2) is 0 Å². The van der Waals surface area contributed by atoms with Crippen LogP contribution in [0.15, 0.2) is 0 Å². The first kappa shape index (κ1) is 14.6. The van der Waals surface area contributed by atoms with Crippen molar-refractivity contribution in [1.82, 2.24) is 5.32 Å². The molecule has 74 valence electrons. The maximum atomic E-state index is 10.3. The summed E-state index contributed by atoms with van der Waals surface area (Å²) in [5.41, 5.74) is 0. The van der Waals surface area contributed by atoms with Gasteiger partial charge in [-0.2, -0.15) is 11.8 Å². The van der Waals surface area contributed by atoms with Gasteiger partial charge in [-0.1, -0.05) is 0 Å². The number of carboxylic acid groups (broad SMARTS) is 1. The third-order valence-electron chi connectivity index (χ3n) is 1.50. The number of thioether (sulfide) groups is 1. The summed E-state index contributed by atoms with van der Waals surface area (Å²) >= 11 is 1.74. The molecule has 0 aromatic carbocycles. The summed E-state index contributed by atoms with van der Waals surface area (Å²) < 4.78 is 0. The van der Waals surface area contributed by atoms with E-state index >= 15 is 0 Å². The highest BCUT2D eigenvalue weighted by Gasteiger charge is 2.09. The third kappa shape index (κ3) is 8.17. The van der Waals surface area contributed by atoms with Crippen molar-refractivity contribution in [3.05, 3.63) is 0 Å². The fraction of sp³-hybridized carbons (Fsp3) is 0.857. The van der Waals surface area contributed by atoms with Crippen molar-refractivity contribution in [2.45, 2.75) is 18.9 Å². The molecule has 0 rings (SSSR count). The van der Waals surface area contributed by atoms with E-state index in [-0.39, 0.29) is 24.9 Å². The van der Waals surface area contributed by atoms with Crippen molar-refractivity contribution < 1.29 is 9.90 Å². The summed E-state index contributed by atoms with van der Waals surface area (Å²) in [5.74, 6) is 0.282. The van der Waals surface area contributed by atoms with E-state index in [1.54, 1.807) is 18.8 Å². The minimum Gasteiger partial charge on any atom is -0.481 e. The van der Waals surface area contributed by atoms with E-state index in [0.29, 0.717) is 0 Å². The van der Waals surface area contributed by atoms with Gasteiger partial charge < -0.3 is 10.4 Å². The van der Waals surface area contributed by atoms with Gasteiger partial charge in [0, 0.05) is 6.04 Å². The van der Waals surface area contributed by atoms with Crippen LogP contribution in [-0.4, -0.2) is 36.2 Å². The summed E-state index contributed by atoms with van der Waals surface area (Å²) in [4.78, 5) is 10.3. The number of hydrogen-bond donors (Lipinski definition) is 2. The fourth-order valence-electron chi connectivity index (χ4n) is 0.819. The first-order chi connectivity index (χ1) is 5.20. The minimum atomic E-state index is -0.731. The molecular formula is C7H16ClNO2S. The van der Waals surface area contributed by atoms with Gasteiger partial charge in [0.1, 0.15) is 0 Å². The number of carboxylic acids is 1. The van der Waals surface area contributed by atoms with E-state index < -0.39 is 5.97 Å². The van der Waals surface area contributed by atoms with E-state index in [4.69, 9.17) is 5.11 Å². The van der Waals surface area contributed by atoms with Crippen molar-refractivity contribution in [2.24, 2.45) is 0 Å². The van der Waals surface area contributed by atoms with Crippen LogP contribution in [0, 0.1) is 0 Å². The van der Waals surface area contributed by atoms with E-state index in [9.17, 15) is 4.79 Å².